The maximum Gasteiger partial charge on any atom is 0.404 e. The van der Waals surface area contributed by atoms with Gasteiger partial charge in [0.2, 0.25) is 0 Å². The minimum absolute atomic E-state index is 0.0648. The molecular weight excluding hydrogens is 220 g/mol. The summed E-state index contributed by atoms with van der Waals surface area (Å²) in [7, 11) is 0. The molecule has 5 heteroatoms. The largest absolute Gasteiger partial charge is 0.445 e. The molecule has 1 fully saturated rings. The Kier molecular flexibility index (Phi) is 6.06. The number of carbonyl (C=O) groups is 1. The predicted octanol–water partition coefficient (Wildman–Crippen LogP) is 0.623. The molecule has 17 heavy (non-hydrogen) atoms. The van der Waals surface area contributed by atoms with Crippen molar-refractivity contribution < 1.29 is 14.6 Å². The summed E-state index contributed by atoms with van der Waals surface area (Å²) in [5.41, 5.74) is 5.72. The molecule has 1 amide bonds. The van der Waals surface area contributed by atoms with Gasteiger partial charge in [-0.05, 0) is 18.5 Å². The summed E-state index contributed by atoms with van der Waals surface area (Å²) < 4.78 is 4.57. The van der Waals surface area contributed by atoms with E-state index in [9.17, 15) is 4.79 Å². The number of benzene rings is 1. The van der Waals surface area contributed by atoms with Gasteiger partial charge in [0.1, 0.15) is 6.61 Å². The molecule has 1 aromatic rings. The number of hydrogen-bond donors (Lipinski definition) is 3. The Morgan fingerprint density at radius 2 is 2.18 bits per heavy atom. The molecule has 1 aromatic carbocycles. The van der Waals surface area contributed by atoms with Crippen molar-refractivity contribution in [1.29, 1.82) is 0 Å². The molecule has 0 aliphatic carbocycles. The number of nitrogens with one attached hydrogen (secondary N) is 1. The third kappa shape index (κ3) is 6.55. The van der Waals surface area contributed by atoms with Crippen LogP contribution in [0, 0.1) is 0 Å². The second-order valence-corrected chi connectivity index (χ2v) is 3.74. The topological polar surface area (TPSA) is 84.6 Å². The zero-order chi connectivity index (χ0) is 12.5. The Hall–Kier alpha value is -1.59. The molecule has 0 spiro atoms. The van der Waals surface area contributed by atoms with Gasteiger partial charge >= 0.3 is 6.09 Å². The number of amides is 1. The van der Waals surface area contributed by atoms with Crippen molar-refractivity contribution in [3.05, 3.63) is 35.9 Å². The number of hydrogen-bond acceptors (Lipinski definition) is 4. The molecule has 5 nitrogen and oxygen atoms in total. The van der Waals surface area contributed by atoms with E-state index in [2.05, 4.69) is 10.1 Å². The molecule has 0 radical (unpaired) electrons. The van der Waals surface area contributed by atoms with Crippen molar-refractivity contribution in [1.82, 2.24) is 5.32 Å². The third-order valence-electron chi connectivity index (χ3n) is 2.26. The van der Waals surface area contributed by atoms with Gasteiger partial charge in [0.15, 0.2) is 0 Å². The highest BCUT2D eigenvalue weighted by molar-refractivity contribution is 5.64. The summed E-state index contributed by atoms with van der Waals surface area (Å²) in [4.78, 5) is 10.2. The second kappa shape index (κ2) is 7.65. The number of rotatable bonds is 2. The zero-order valence-corrected chi connectivity index (χ0v) is 9.63. The molecule has 0 aromatic heterocycles. The van der Waals surface area contributed by atoms with E-state index in [1.807, 2.05) is 30.3 Å². The van der Waals surface area contributed by atoms with Crippen LogP contribution in [0.5, 0.6) is 0 Å². The van der Waals surface area contributed by atoms with E-state index in [4.69, 9.17) is 10.8 Å². The summed E-state index contributed by atoms with van der Waals surface area (Å²) in [6.45, 7) is 2.03. The smallest absolute Gasteiger partial charge is 0.404 e. The fourth-order valence-electron chi connectivity index (χ4n) is 1.37. The van der Waals surface area contributed by atoms with E-state index in [-0.39, 0.29) is 12.7 Å². The lowest BCUT2D eigenvalue weighted by molar-refractivity contribution is 0.150. The molecule has 0 saturated carbocycles. The molecule has 1 unspecified atom stereocenters. The molecule has 2 rings (SSSR count). The van der Waals surface area contributed by atoms with E-state index in [1.165, 1.54) is 0 Å². The minimum Gasteiger partial charge on any atom is -0.445 e. The van der Waals surface area contributed by atoms with Gasteiger partial charge in [0.05, 0.1) is 6.10 Å². The van der Waals surface area contributed by atoms with Gasteiger partial charge in [-0.15, -0.1) is 0 Å². The van der Waals surface area contributed by atoms with Gasteiger partial charge in [-0.3, -0.25) is 0 Å². The molecule has 0 bridgehead atoms. The predicted molar refractivity (Wildman–Crippen MR) is 64.3 cm³/mol. The van der Waals surface area contributed by atoms with Crippen LogP contribution in [-0.4, -0.2) is 30.4 Å². The van der Waals surface area contributed by atoms with E-state index < -0.39 is 6.09 Å². The quantitative estimate of drug-likeness (QED) is 0.705. The summed E-state index contributed by atoms with van der Waals surface area (Å²) in [5.74, 6) is 0. The van der Waals surface area contributed by atoms with Crippen molar-refractivity contribution in [2.75, 3.05) is 13.1 Å². The lowest BCUT2D eigenvalue weighted by Crippen LogP contribution is -2.12. The SMILES string of the molecule is NC(=O)OCc1ccccc1.OC1CCNC1. The highest BCUT2D eigenvalue weighted by Crippen LogP contribution is 1.99. The second-order valence-electron chi connectivity index (χ2n) is 3.74. The highest BCUT2D eigenvalue weighted by atomic mass is 16.5. The van der Waals surface area contributed by atoms with Crippen molar-refractivity contribution >= 4 is 6.09 Å². The minimum atomic E-state index is -0.742. The normalized spacial score (nSPS) is 18.1. The van der Waals surface area contributed by atoms with Gasteiger partial charge in [0, 0.05) is 6.54 Å². The Labute approximate surface area is 101 Å². The Morgan fingerprint density at radius 1 is 1.47 bits per heavy atom. The molecule has 1 saturated heterocycles. The van der Waals surface area contributed by atoms with E-state index in [0.29, 0.717) is 0 Å². The molecule has 1 heterocycles. The van der Waals surface area contributed by atoms with Crippen LogP contribution in [-0.2, 0) is 11.3 Å². The monoisotopic (exact) mass is 238 g/mol. The Morgan fingerprint density at radius 3 is 2.59 bits per heavy atom. The van der Waals surface area contributed by atoms with Gasteiger partial charge in [-0.2, -0.15) is 0 Å². The number of aliphatic hydroxyl groups is 1. The number of nitrogens with two attached hydrogens (primary N) is 1. The zero-order valence-electron chi connectivity index (χ0n) is 9.63. The van der Waals surface area contributed by atoms with Crippen molar-refractivity contribution in [3.63, 3.8) is 0 Å². The number of primary amides is 1. The van der Waals surface area contributed by atoms with Crippen LogP contribution in [0.15, 0.2) is 30.3 Å². The first kappa shape index (κ1) is 13.5. The van der Waals surface area contributed by atoms with E-state index >= 15 is 0 Å². The van der Waals surface area contributed by atoms with Crippen LogP contribution >= 0.6 is 0 Å². The number of β-amino-alcohol motifs (C(OH)–C–C–N with tert-alkyl or cyclic N) is 1. The van der Waals surface area contributed by atoms with Gasteiger partial charge < -0.3 is 20.9 Å². The average Bonchev–Trinajstić information content (AvgIpc) is 2.80. The summed E-state index contributed by atoms with van der Waals surface area (Å²) in [6.07, 6.45) is 0.124. The van der Waals surface area contributed by atoms with Crippen LogP contribution in [0.1, 0.15) is 12.0 Å². The third-order valence-corrected chi connectivity index (χ3v) is 2.26. The lowest BCUT2D eigenvalue weighted by atomic mass is 10.2. The fraction of sp³-hybridized carbons (Fsp3) is 0.417. The van der Waals surface area contributed by atoms with Gasteiger partial charge in [0.25, 0.3) is 0 Å². The summed E-state index contributed by atoms with van der Waals surface area (Å²) in [6, 6.07) is 9.37. The Bertz CT molecular complexity index is 324. The molecule has 1 atom stereocenters. The molecule has 94 valence electrons. The van der Waals surface area contributed by atoms with Crippen LogP contribution < -0.4 is 11.1 Å². The van der Waals surface area contributed by atoms with Crippen molar-refractivity contribution in [2.24, 2.45) is 5.73 Å². The molecule has 1 aliphatic rings. The van der Waals surface area contributed by atoms with Gasteiger partial charge in [-0.1, -0.05) is 30.3 Å². The van der Waals surface area contributed by atoms with E-state index in [0.717, 1.165) is 25.1 Å². The van der Waals surface area contributed by atoms with Gasteiger partial charge in [-0.25, -0.2) is 4.79 Å². The maximum absolute atomic E-state index is 10.2. The number of ether oxygens (including phenoxy) is 1. The van der Waals surface area contributed by atoms with Crippen molar-refractivity contribution in [3.8, 4) is 0 Å². The van der Waals surface area contributed by atoms with Crippen molar-refractivity contribution in [2.45, 2.75) is 19.1 Å². The average molecular weight is 238 g/mol. The lowest BCUT2D eigenvalue weighted by Gasteiger charge is -1.99. The van der Waals surface area contributed by atoms with Crippen LogP contribution in [0.3, 0.4) is 0 Å². The Balaban J connectivity index is 0.000000202. The number of aliphatic hydroxyl groups excluding tert-OH is 1. The van der Waals surface area contributed by atoms with Crippen LogP contribution in [0.2, 0.25) is 0 Å². The summed E-state index contributed by atoms with van der Waals surface area (Å²) >= 11 is 0. The number of carbonyl (C=O) groups excluding carboxylic acids is 1. The van der Waals surface area contributed by atoms with Crippen LogP contribution in [0.25, 0.3) is 0 Å². The molecular formula is C12H18N2O3. The first-order valence-corrected chi connectivity index (χ1v) is 5.53. The van der Waals surface area contributed by atoms with E-state index in [1.54, 1.807) is 0 Å². The fourth-order valence-corrected chi connectivity index (χ4v) is 1.37. The first-order chi connectivity index (χ1) is 8.18. The standard InChI is InChI=1S/C8H9NO2.C4H9NO/c9-8(10)11-6-7-4-2-1-3-5-7;6-4-1-2-5-3-4/h1-5H,6H2,(H2,9,10);4-6H,1-3H2. The highest BCUT2D eigenvalue weighted by Gasteiger charge is 2.08. The van der Waals surface area contributed by atoms with Crippen LogP contribution in [0.4, 0.5) is 4.79 Å². The maximum atomic E-state index is 10.2. The molecule has 1 aliphatic heterocycles. The summed E-state index contributed by atoms with van der Waals surface area (Å²) in [5, 5.41) is 11.7. The molecule has 4 N–H and O–H groups in total. The first-order valence-electron chi connectivity index (χ1n) is 5.53.